The van der Waals surface area contributed by atoms with Crippen LogP contribution in [0.5, 0.6) is 5.75 Å². The molecular weight excluding hydrogens is 445 g/mol. The van der Waals surface area contributed by atoms with Gasteiger partial charge in [-0.2, -0.15) is 13.2 Å². The smallest absolute Gasteiger partial charge is 0.416 e. The Morgan fingerprint density at radius 2 is 1.73 bits per heavy atom. The standard InChI is InChI=1S/C22H21F3N2O6/c23-22(24,25)11-1-3-12(4-2-11)26-21(31)27-13-5-6-17-15(7-13)16-8-14(9-19(29)30)32-18(10-28)20(16)33-17/h1-7,14,16,18,20,28H,8-10H2,(H,29,30)(H2,26,27,31)/t14-,16-,18+,20+/m0/s1. The van der Waals surface area contributed by atoms with Gasteiger partial charge < -0.3 is 30.3 Å². The minimum Gasteiger partial charge on any atom is -0.487 e. The third-order valence-electron chi connectivity index (χ3n) is 5.63. The van der Waals surface area contributed by atoms with Gasteiger partial charge in [-0.15, -0.1) is 0 Å². The van der Waals surface area contributed by atoms with Crippen molar-refractivity contribution in [3.8, 4) is 5.75 Å². The average Bonchev–Trinajstić information content (AvgIpc) is 3.10. The molecule has 11 heteroatoms. The molecule has 2 heterocycles. The molecule has 176 valence electrons. The maximum absolute atomic E-state index is 12.7. The molecule has 8 nitrogen and oxygen atoms in total. The Balaban J connectivity index is 1.45. The van der Waals surface area contributed by atoms with E-state index in [-0.39, 0.29) is 24.6 Å². The van der Waals surface area contributed by atoms with Crippen molar-refractivity contribution in [1.82, 2.24) is 0 Å². The summed E-state index contributed by atoms with van der Waals surface area (Å²) in [7, 11) is 0. The molecule has 2 amide bonds. The number of anilines is 2. The zero-order valence-electron chi connectivity index (χ0n) is 17.1. The normalized spacial score (nSPS) is 23.8. The molecule has 1 saturated heterocycles. The highest BCUT2D eigenvalue weighted by Gasteiger charge is 2.46. The largest absolute Gasteiger partial charge is 0.487 e. The van der Waals surface area contributed by atoms with E-state index in [0.29, 0.717) is 17.9 Å². The molecule has 4 rings (SSSR count). The number of carboxylic acid groups (broad SMARTS) is 1. The maximum atomic E-state index is 12.7. The summed E-state index contributed by atoms with van der Waals surface area (Å²) < 4.78 is 49.6. The van der Waals surface area contributed by atoms with Gasteiger partial charge in [-0.25, -0.2) is 4.79 Å². The van der Waals surface area contributed by atoms with Crippen molar-refractivity contribution in [1.29, 1.82) is 0 Å². The molecular formula is C22H21F3N2O6. The fraction of sp³-hybridized carbons (Fsp3) is 0.364. The van der Waals surface area contributed by atoms with Gasteiger partial charge in [0.15, 0.2) is 0 Å². The van der Waals surface area contributed by atoms with E-state index in [1.54, 1.807) is 18.2 Å². The summed E-state index contributed by atoms with van der Waals surface area (Å²) >= 11 is 0. The second-order valence-corrected chi connectivity index (χ2v) is 7.91. The van der Waals surface area contributed by atoms with Crippen LogP contribution in [-0.4, -0.2) is 47.1 Å². The first-order chi connectivity index (χ1) is 15.6. The highest BCUT2D eigenvalue weighted by molar-refractivity contribution is 5.99. The molecule has 2 aromatic rings. The molecule has 4 N–H and O–H groups in total. The number of benzene rings is 2. The summed E-state index contributed by atoms with van der Waals surface area (Å²) in [6.07, 6.45) is -6.04. The summed E-state index contributed by atoms with van der Waals surface area (Å²) in [5.74, 6) is -0.684. The number of hydrogen-bond donors (Lipinski definition) is 4. The van der Waals surface area contributed by atoms with E-state index in [0.717, 1.165) is 29.8 Å². The minimum absolute atomic E-state index is 0.191. The summed E-state index contributed by atoms with van der Waals surface area (Å²) in [4.78, 5) is 23.4. The van der Waals surface area contributed by atoms with E-state index >= 15 is 0 Å². The number of aliphatic hydroxyl groups is 1. The van der Waals surface area contributed by atoms with Gasteiger partial charge in [-0.05, 0) is 48.9 Å². The van der Waals surface area contributed by atoms with Crippen molar-refractivity contribution < 1.29 is 42.4 Å². The van der Waals surface area contributed by atoms with Crippen molar-refractivity contribution in [3.05, 3.63) is 53.6 Å². The van der Waals surface area contributed by atoms with Crippen LogP contribution < -0.4 is 15.4 Å². The first kappa shape index (κ1) is 22.9. The number of carbonyl (C=O) groups is 2. The second-order valence-electron chi connectivity index (χ2n) is 7.91. The molecule has 0 bridgehead atoms. The number of rotatable bonds is 5. The molecule has 0 radical (unpaired) electrons. The lowest BCUT2D eigenvalue weighted by molar-refractivity contribution is -0.153. The molecule has 0 aromatic heterocycles. The number of carbonyl (C=O) groups excluding carboxylic acids is 1. The third kappa shape index (κ3) is 5.04. The number of carboxylic acids is 1. The molecule has 2 aromatic carbocycles. The minimum atomic E-state index is -4.46. The van der Waals surface area contributed by atoms with Crippen molar-refractivity contribution in [2.24, 2.45) is 0 Å². The van der Waals surface area contributed by atoms with Gasteiger partial charge in [0.05, 0.1) is 24.7 Å². The quantitative estimate of drug-likeness (QED) is 0.532. The molecule has 0 unspecified atom stereocenters. The van der Waals surface area contributed by atoms with Crippen LogP contribution in [0, 0.1) is 0 Å². The van der Waals surface area contributed by atoms with E-state index in [4.69, 9.17) is 14.6 Å². The van der Waals surface area contributed by atoms with E-state index in [9.17, 15) is 27.9 Å². The van der Waals surface area contributed by atoms with Crippen molar-refractivity contribution in [2.45, 2.75) is 43.2 Å². The first-order valence-corrected chi connectivity index (χ1v) is 10.2. The lowest BCUT2D eigenvalue weighted by Gasteiger charge is -2.36. The van der Waals surface area contributed by atoms with Crippen LogP contribution >= 0.6 is 0 Å². The van der Waals surface area contributed by atoms with Crippen molar-refractivity contribution in [2.75, 3.05) is 17.2 Å². The Labute approximate surface area is 186 Å². The number of fused-ring (bicyclic) bond motifs is 3. The van der Waals surface area contributed by atoms with Gasteiger partial charge >= 0.3 is 18.2 Å². The monoisotopic (exact) mass is 466 g/mol. The summed E-state index contributed by atoms with van der Waals surface area (Å²) in [5, 5.41) is 23.9. The third-order valence-corrected chi connectivity index (χ3v) is 5.63. The predicted molar refractivity (Wildman–Crippen MR) is 110 cm³/mol. The highest BCUT2D eigenvalue weighted by atomic mass is 19.4. The van der Waals surface area contributed by atoms with Gasteiger partial charge in [-0.3, -0.25) is 4.79 Å². The van der Waals surface area contributed by atoms with Crippen molar-refractivity contribution >= 4 is 23.4 Å². The van der Waals surface area contributed by atoms with Crippen LogP contribution in [0.15, 0.2) is 42.5 Å². The van der Waals surface area contributed by atoms with E-state index in [2.05, 4.69) is 10.6 Å². The number of aliphatic hydroxyl groups excluding tert-OH is 1. The Morgan fingerprint density at radius 3 is 2.36 bits per heavy atom. The fourth-order valence-corrected chi connectivity index (χ4v) is 4.20. The molecule has 0 saturated carbocycles. The summed E-state index contributed by atoms with van der Waals surface area (Å²) in [5.41, 5.74) is 0.547. The number of nitrogens with one attached hydrogen (secondary N) is 2. The number of urea groups is 1. The number of amides is 2. The van der Waals surface area contributed by atoms with Crippen LogP contribution in [0.1, 0.15) is 29.9 Å². The van der Waals surface area contributed by atoms with Crippen LogP contribution in [-0.2, 0) is 15.7 Å². The fourth-order valence-electron chi connectivity index (χ4n) is 4.20. The Hall–Kier alpha value is -3.31. The zero-order valence-corrected chi connectivity index (χ0v) is 17.1. The number of halogens is 3. The molecule has 2 aliphatic heterocycles. The van der Waals surface area contributed by atoms with Crippen LogP contribution in [0.25, 0.3) is 0 Å². The predicted octanol–water partition coefficient (Wildman–Crippen LogP) is 3.82. The second kappa shape index (κ2) is 8.91. The topological polar surface area (TPSA) is 117 Å². The van der Waals surface area contributed by atoms with Crippen LogP contribution in [0.3, 0.4) is 0 Å². The zero-order chi connectivity index (χ0) is 23.8. The molecule has 1 fully saturated rings. The van der Waals surface area contributed by atoms with Gasteiger partial charge in [0, 0.05) is 22.9 Å². The SMILES string of the molecule is O=C(O)C[C@@H]1C[C@H]2c3cc(NC(=O)Nc4ccc(C(F)(F)F)cc4)ccc3O[C@H]2[C@@H](CO)O1. The van der Waals surface area contributed by atoms with Gasteiger partial charge in [-0.1, -0.05) is 0 Å². The summed E-state index contributed by atoms with van der Waals surface area (Å²) in [6, 6.07) is 8.37. The number of ether oxygens (including phenoxy) is 2. The van der Waals surface area contributed by atoms with E-state index in [1.165, 1.54) is 0 Å². The molecule has 33 heavy (non-hydrogen) atoms. The van der Waals surface area contributed by atoms with Crippen LogP contribution in [0.4, 0.5) is 29.3 Å². The Kier molecular flexibility index (Phi) is 6.17. The number of hydrogen-bond acceptors (Lipinski definition) is 5. The lowest BCUT2D eigenvalue weighted by Crippen LogP contribution is -2.46. The summed E-state index contributed by atoms with van der Waals surface area (Å²) in [6.45, 7) is -0.327. The Bertz CT molecular complexity index is 1040. The molecule has 4 atom stereocenters. The highest BCUT2D eigenvalue weighted by Crippen LogP contribution is 2.47. The molecule has 0 aliphatic carbocycles. The lowest BCUT2D eigenvalue weighted by atomic mass is 9.84. The number of aliphatic carboxylic acids is 1. The van der Waals surface area contributed by atoms with E-state index < -0.39 is 42.1 Å². The van der Waals surface area contributed by atoms with Gasteiger partial charge in [0.2, 0.25) is 0 Å². The van der Waals surface area contributed by atoms with E-state index in [1.807, 2.05) is 0 Å². The Morgan fingerprint density at radius 1 is 1.06 bits per heavy atom. The van der Waals surface area contributed by atoms with Gasteiger partial charge in [0.25, 0.3) is 0 Å². The maximum Gasteiger partial charge on any atom is 0.416 e. The average molecular weight is 466 g/mol. The number of alkyl halides is 3. The molecule has 0 spiro atoms. The van der Waals surface area contributed by atoms with Gasteiger partial charge in [0.1, 0.15) is 18.0 Å². The molecule has 2 aliphatic rings. The van der Waals surface area contributed by atoms with Crippen LogP contribution in [0.2, 0.25) is 0 Å². The first-order valence-electron chi connectivity index (χ1n) is 10.2. The van der Waals surface area contributed by atoms with Crippen molar-refractivity contribution in [3.63, 3.8) is 0 Å².